The van der Waals surface area contributed by atoms with Crippen LogP contribution in [0.3, 0.4) is 0 Å². The zero-order valence-corrected chi connectivity index (χ0v) is 13.1. The zero-order valence-electron chi connectivity index (χ0n) is 11.5. The highest BCUT2D eigenvalue weighted by Gasteiger charge is 2.19. The van der Waals surface area contributed by atoms with E-state index in [0.717, 1.165) is 43.4 Å². The molecule has 1 aliphatic heterocycles. The van der Waals surface area contributed by atoms with Crippen molar-refractivity contribution in [2.75, 3.05) is 31.1 Å². The first-order valence-electron chi connectivity index (χ1n) is 6.81. The summed E-state index contributed by atoms with van der Waals surface area (Å²) in [4.78, 5) is 9.06. The van der Waals surface area contributed by atoms with Gasteiger partial charge >= 0.3 is 0 Å². The van der Waals surface area contributed by atoms with Gasteiger partial charge in [-0.2, -0.15) is 5.26 Å². The number of aromatic nitrogens is 1. The second-order valence-corrected chi connectivity index (χ2v) is 6.28. The Kier molecular flexibility index (Phi) is 4.39. The van der Waals surface area contributed by atoms with Gasteiger partial charge in [-0.05, 0) is 17.7 Å². The number of piperazine rings is 1. The minimum absolute atomic E-state index is 0.609. The smallest absolute Gasteiger partial charge is 0.185 e. The highest BCUT2D eigenvalue weighted by atomic mass is 35.5. The van der Waals surface area contributed by atoms with E-state index in [9.17, 15) is 0 Å². The molecule has 1 saturated heterocycles. The van der Waals surface area contributed by atoms with Gasteiger partial charge in [0.2, 0.25) is 0 Å². The zero-order chi connectivity index (χ0) is 14.7. The Morgan fingerprint density at radius 2 is 2.10 bits per heavy atom. The molecule has 2 aromatic rings. The fourth-order valence-electron chi connectivity index (χ4n) is 2.46. The Balaban J connectivity index is 1.59. The monoisotopic (exact) mass is 318 g/mol. The molecule has 1 aromatic heterocycles. The van der Waals surface area contributed by atoms with Gasteiger partial charge in [-0.25, -0.2) is 4.98 Å². The average Bonchev–Trinajstić information content (AvgIpc) is 3.04. The highest BCUT2D eigenvalue weighted by Crippen LogP contribution is 2.22. The molecule has 1 aliphatic rings. The molecular weight excluding hydrogens is 304 g/mol. The van der Waals surface area contributed by atoms with E-state index >= 15 is 0 Å². The van der Waals surface area contributed by atoms with E-state index in [2.05, 4.69) is 20.9 Å². The summed E-state index contributed by atoms with van der Waals surface area (Å²) in [6.45, 7) is 4.80. The first-order chi connectivity index (χ1) is 10.3. The Morgan fingerprint density at radius 3 is 2.71 bits per heavy atom. The van der Waals surface area contributed by atoms with Crippen LogP contribution in [0.4, 0.5) is 5.13 Å². The van der Waals surface area contributed by atoms with Gasteiger partial charge in [0, 0.05) is 49.3 Å². The molecule has 3 rings (SSSR count). The van der Waals surface area contributed by atoms with Crippen LogP contribution in [-0.2, 0) is 6.54 Å². The third-order valence-corrected chi connectivity index (χ3v) is 4.82. The number of hydrogen-bond acceptors (Lipinski definition) is 5. The molecule has 6 heteroatoms. The fraction of sp³-hybridized carbons (Fsp3) is 0.333. The molecule has 0 saturated carbocycles. The molecule has 0 atom stereocenters. The molecule has 0 amide bonds. The molecule has 2 heterocycles. The lowest BCUT2D eigenvalue weighted by Crippen LogP contribution is -2.45. The van der Waals surface area contributed by atoms with Crippen molar-refractivity contribution >= 4 is 28.1 Å². The van der Waals surface area contributed by atoms with Crippen LogP contribution in [0.2, 0.25) is 5.02 Å². The van der Waals surface area contributed by atoms with E-state index in [-0.39, 0.29) is 0 Å². The number of rotatable bonds is 3. The molecule has 0 radical (unpaired) electrons. The van der Waals surface area contributed by atoms with Crippen molar-refractivity contribution in [3.05, 3.63) is 45.9 Å². The second-order valence-electron chi connectivity index (χ2n) is 5.00. The number of thiazole rings is 1. The summed E-state index contributed by atoms with van der Waals surface area (Å²) in [5.41, 5.74) is 1.69. The Bertz CT molecular complexity index is 642. The minimum atomic E-state index is 0.609. The van der Waals surface area contributed by atoms with Gasteiger partial charge in [-0.3, -0.25) is 4.90 Å². The lowest BCUT2D eigenvalue weighted by Gasteiger charge is -2.34. The third-order valence-electron chi connectivity index (χ3n) is 3.64. The van der Waals surface area contributed by atoms with Crippen molar-refractivity contribution in [2.45, 2.75) is 6.54 Å². The summed E-state index contributed by atoms with van der Waals surface area (Å²) in [5.74, 6) is 0. The van der Waals surface area contributed by atoms with Crippen LogP contribution in [-0.4, -0.2) is 36.1 Å². The molecule has 1 fully saturated rings. The maximum Gasteiger partial charge on any atom is 0.185 e. The molecule has 0 aliphatic carbocycles. The Morgan fingerprint density at radius 1 is 1.29 bits per heavy atom. The van der Waals surface area contributed by atoms with Gasteiger partial charge in [0.1, 0.15) is 0 Å². The number of anilines is 1. The van der Waals surface area contributed by atoms with E-state index in [4.69, 9.17) is 16.9 Å². The highest BCUT2D eigenvalue weighted by molar-refractivity contribution is 7.13. The Labute approximate surface area is 133 Å². The van der Waals surface area contributed by atoms with Gasteiger partial charge < -0.3 is 4.90 Å². The van der Waals surface area contributed by atoms with Crippen molar-refractivity contribution in [1.29, 1.82) is 5.26 Å². The average molecular weight is 319 g/mol. The molecule has 1 aromatic carbocycles. The topological polar surface area (TPSA) is 43.2 Å². The van der Waals surface area contributed by atoms with E-state index in [1.54, 1.807) is 17.4 Å². The van der Waals surface area contributed by atoms with Gasteiger partial charge in [0.15, 0.2) is 5.13 Å². The summed E-state index contributed by atoms with van der Waals surface area (Å²) < 4.78 is 0. The third kappa shape index (κ3) is 3.35. The molecule has 21 heavy (non-hydrogen) atoms. The van der Waals surface area contributed by atoms with Crippen LogP contribution in [0.25, 0.3) is 0 Å². The molecule has 108 valence electrons. The Hall–Kier alpha value is -1.61. The maximum atomic E-state index is 8.86. The normalized spacial score (nSPS) is 15.9. The van der Waals surface area contributed by atoms with Gasteiger partial charge in [0.25, 0.3) is 0 Å². The number of hydrogen-bond donors (Lipinski definition) is 0. The number of benzene rings is 1. The van der Waals surface area contributed by atoms with Gasteiger partial charge in [-0.15, -0.1) is 11.3 Å². The lowest BCUT2D eigenvalue weighted by atomic mass is 10.1. The fourth-order valence-corrected chi connectivity index (χ4v) is 3.39. The molecular formula is C15H15ClN4S. The van der Waals surface area contributed by atoms with Crippen molar-refractivity contribution in [2.24, 2.45) is 0 Å². The van der Waals surface area contributed by atoms with E-state index in [1.165, 1.54) is 0 Å². The first-order valence-corrected chi connectivity index (χ1v) is 8.07. The van der Waals surface area contributed by atoms with E-state index in [0.29, 0.717) is 10.6 Å². The van der Waals surface area contributed by atoms with Crippen molar-refractivity contribution in [3.63, 3.8) is 0 Å². The molecule has 0 bridgehead atoms. The molecule has 0 unspecified atom stereocenters. The minimum Gasteiger partial charge on any atom is -0.346 e. The van der Waals surface area contributed by atoms with E-state index < -0.39 is 0 Å². The summed E-state index contributed by atoms with van der Waals surface area (Å²) in [7, 11) is 0. The molecule has 0 spiro atoms. The van der Waals surface area contributed by atoms with Gasteiger partial charge in [0.05, 0.1) is 11.6 Å². The van der Waals surface area contributed by atoms with Crippen molar-refractivity contribution < 1.29 is 0 Å². The summed E-state index contributed by atoms with van der Waals surface area (Å²) in [6, 6.07) is 7.63. The number of nitriles is 1. The molecule has 4 nitrogen and oxygen atoms in total. The predicted octanol–water partition coefficient (Wildman–Crippen LogP) is 2.99. The summed E-state index contributed by atoms with van der Waals surface area (Å²) in [6.07, 6.45) is 1.85. The van der Waals surface area contributed by atoms with Crippen LogP contribution < -0.4 is 4.90 Å². The SMILES string of the molecule is N#Cc1ccc(CN2CCN(c3nccs3)CC2)c(Cl)c1. The standard InChI is InChI=1S/C15H15ClN4S/c16-14-9-12(10-17)1-2-13(14)11-19-4-6-20(7-5-19)15-18-3-8-21-15/h1-3,8-9H,4-7,11H2. The maximum absolute atomic E-state index is 8.86. The lowest BCUT2D eigenvalue weighted by molar-refractivity contribution is 0.250. The van der Waals surface area contributed by atoms with Crippen LogP contribution in [0, 0.1) is 11.3 Å². The molecule has 0 N–H and O–H groups in total. The predicted molar refractivity (Wildman–Crippen MR) is 85.8 cm³/mol. The van der Waals surface area contributed by atoms with Crippen LogP contribution in [0.5, 0.6) is 0 Å². The number of halogens is 1. The van der Waals surface area contributed by atoms with E-state index in [1.807, 2.05) is 23.7 Å². The quantitative estimate of drug-likeness (QED) is 0.872. The van der Waals surface area contributed by atoms with Crippen molar-refractivity contribution in [1.82, 2.24) is 9.88 Å². The summed E-state index contributed by atoms with van der Waals surface area (Å²) in [5, 5.41) is 12.7. The number of nitrogens with zero attached hydrogens (tertiary/aromatic N) is 4. The second kappa shape index (κ2) is 6.44. The largest absolute Gasteiger partial charge is 0.346 e. The first kappa shape index (κ1) is 14.3. The van der Waals surface area contributed by atoms with Crippen LogP contribution >= 0.6 is 22.9 Å². The van der Waals surface area contributed by atoms with Crippen molar-refractivity contribution in [3.8, 4) is 6.07 Å². The van der Waals surface area contributed by atoms with Crippen LogP contribution in [0.1, 0.15) is 11.1 Å². The summed E-state index contributed by atoms with van der Waals surface area (Å²) >= 11 is 7.93. The van der Waals surface area contributed by atoms with Gasteiger partial charge in [-0.1, -0.05) is 17.7 Å². The van der Waals surface area contributed by atoms with Crippen LogP contribution in [0.15, 0.2) is 29.8 Å².